The fourth-order valence-electron chi connectivity index (χ4n) is 4.08. The zero-order chi connectivity index (χ0) is 24.8. The minimum absolute atomic E-state index is 0.0228. The molecule has 0 aromatic heterocycles. The molecule has 0 aliphatic carbocycles. The predicted molar refractivity (Wildman–Crippen MR) is 121 cm³/mol. The minimum atomic E-state index is -4.74. The van der Waals surface area contributed by atoms with Crippen LogP contribution in [0.4, 0.5) is 24.5 Å². The van der Waals surface area contributed by atoms with E-state index < -0.39 is 41.3 Å². The molecule has 2 aromatic rings. The molecule has 2 aliphatic rings. The lowest BCUT2D eigenvalue weighted by molar-refractivity contribution is -0.137. The Morgan fingerprint density at radius 3 is 2.32 bits per heavy atom. The molecule has 0 bridgehead atoms. The molecule has 3 atom stereocenters. The molecule has 1 unspecified atom stereocenters. The highest BCUT2D eigenvalue weighted by Crippen LogP contribution is 2.41. The molecular formula is C23H22F3N3O4S. The number of anilines is 2. The molecule has 2 aliphatic heterocycles. The van der Waals surface area contributed by atoms with Crippen molar-refractivity contribution in [2.24, 2.45) is 0 Å². The molecule has 11 heteroatoms. The molecule has 4 rings (SSSR count). The fourth-order valence-corrected chi connectivity index (χ4v) is 4.63. The smallest absolute Gasteiger partial charge is 0.417 e. The fraction of sp³-hybridized carbons (Fsp3) is 0.391. The third kappa shape index (κ3) is 4.18. The van der Waals surface area contributed by atoms with Crippen LogP contribution in [0.2, 0.25) is 0 Å². The van der Waals surface area contributed by atoms with E-state index in [9.17, 15) is 23.4 Å². The van der Waals surface area contributed by atoms with E-state index in [1.807, 2.05) is 0 Å². The van der Waals surface area contributed by atoms with Gasteiger partial charge in [0.1, 0.15) is 18.0 Å². The second-order valence-electron chi connectivity index (χ2n) is 8.61. The molecule has 0 amide bonds. The Bertz CT molecular complexity index is 1130. The zero-order valence-corrected chi connectivity index (χ0v) is 19.1. The SMILES string of the molecule is CC1(C)C(O)N(c2ccc(C#N)c(C(F)(F)F)c2)C(=S)N1c1ccc(O[C@@H]2COC[C@H]2O)cc1. The number of alkyl halides is 3. The highest BCUT2D eigenvalue weighted by atomic mass is 32.1. The number of thiocarbonyl (C=S) groups is 1. The van der Waals surface area contributed by atoms with Crippen LogP contribution in [-0.4, -0.2) is 52.5 Å². The number of rotatable bonds is 4. The third-order valence-electron chi connectivity index (χ3n) is 5.94. The number of benzene rings is 2. The average molecular weight is 494 g/mol. The number of halogens is 3. The van der Waals surface area contributed by atoms with Gasteiger partial charge >= 0.3 is 6.18 Å². The van der Waals surface area contributed by atoms with Gasteiger partial charge in [0, 0.05) is 11.4 Å². The minimum Gasteiger partial charge on any atom is -0.485 e. The van der Waals surface area contributed by atoms with Crippen LogP contribution >= 0.6 is 12.2 Å². The van der Waals surface area contributed by atoms with Gasteiger partial charge in [-0.25, -0.2) is 0 Å². The van der Waals surface area contributed by atoms with Crippen molar-refractivity contribution in [1.29, 1.82) is 5.26 Å². The summed E-state index contributed by atoms with van der Waals surface area (Å²) >= 11 is 5.58. The van der Waals surface area contributed by atoms with Crippen molar-refractivity contribution in [3.05, 3.63) is 53.6 Å². The van der Waals surface area contributed by atoms with E-state index in [1.165, 1.54) is 11.0 Å². The van der Waals surface area contributed by atoms with Gasteiger partial charge in [0.15, 0.2) is 11.3 Å². The predicted octanol–water partition coefficient (Wildman–Crippen LogP) is 3.42. The number of hydrogen-bond acceptors (Lipinski definition) is 6. The van der Waals surface area contributed by atoms with E-state index in [0.29, 0.717) is 11.4 Å². The quantitative estimate of drug-likeness (QED) is 0.627. The molecule has 7 nitrogen and oxygen atoms in total. The number of nitriles is 1. The van der Waals surface area contributed by atoms with E-state index in [4.69, 9.17) is 27.0 Å². The molecule has 0 saturated carbocycles. The van der Waals surface area contributed by atoms with Crippen LogP contribution in [0.3, 0.4) is 0 Å². The van der Waals surface area contributed by atoms with E-state index in [2.05, 4.69) is 0 Å². The maximum Gasteiger partial charge on any atom is 0.417 e. The Morgan fingerprint density at radius 1 is 1.12 bits per heavy atom. The standard InChI is InChI=1S/C23H22F3N3O4S/c1-22(2)20(31)28(15-4-3-13(10-27)17(9-15)23(24,25)26)21(34)29(22)14-5-7-16(8-6-14)33-19-12-32-11-18(19)30/h3-9,18-20,30-31H,11-12H2,1-2H3/t18-,19-,20?/m1/s1. The molecular weight excluding hydrogens is 471 g/mol. The van der Waals surface area contributed by atoms with Gasteiger partial charge in [-0.1, -0.05) is 0 Å². The van der Waals surface area contributed by atoms with Crippen molar-refractivity contribution in [2.75, 3.05) is 23.0 Å². The van der Waals surface area contributed by atoms with E-state index in [-0.39, 0.29) is 24.0 Å². The summed E-state index contributed by atoms with van der Waals surface area (Å²) in [5, 5.41) is 30.1. The first-order valence-electron chi connectivity index (χ1n) is 10.4. The van der Waals surface area contributed by atoms with Gasteiger partial charge in [-0.05, 0) is 68.5 Å². The van der Waals surface area contributed by atoms with Crippen molar-refractivity contribution in [1.82, 2.24) is 0 Å². The first-order chi connectivity index (χ1) is 15.9. The average Bonchev–Trinajstić information content (AvgIpc) is 3.25. The largest absolute Gasteiger partial charge is 0.485 e. The summed E-state index contributed by atoms with van der Waals surface area (Å²) < 4.78 is 51.4. The second kappa shape index (κ2) is 8.70. The number of aliphatic hydroxyl groups excluding tert-OH is 2. The number of nitrogens with zero attached hydrogens (tertiary/aromatic N) is 3. The molecule has 0 radical (unpaired) electrons. The van der Waals surface area contributed by atoms with Crippen molar-refractivity contribution in [3.63, 3.8) is 0 Å². The molecule has 2 N–H and O–H groups in total. The monoisotopic (exact) mass is 493 g/mol. The Balaban J connectivity index is 1.64. The first-order valence-corrected chi connectivity index (χ1v) is 10.8. The lowest BCUT2D eigenvalue weighted by Gasteiger charge is -2.33. The Morgan fingerprint density at radius 2 is 1.76 bits per heavy atom. The molecule has 2 heterocycles. The highest BCUT2D eigenvalue weighted by Gasteiger charge is 2.50. The van der Waals surface area contributed by atoms with Gasteiger partial charge in [-0.2, -0.15) is 18.4 Å². The summed E-state index contributed by atoms with van der Waals surface area (Å²) in [4.78, 5) is 2.89. The number of aliphatic hydroxyl groups is 2. The normalized spacial score (nSPS) is 24.4. The molecule has 180 valence electrons. The Labute approximate surface area is 199 Å². The summed E-state index contributed by atoms with van der Waals surface area (Å²) in [6, 6.07) is 11.5. The van der Waals surface area contributed by atoms with Gasteiger partial charge in [0.05, 0.1) is 35.9 Å². The lowest BCUT2D eigenvalue weighted by Crippen LogP contribution is -2.47. The van der Waals surface area contributed by atoms with Crippen molar-refractivity contribution in [2.45, 2.75) is 44.0 Å². The van der Waals surface area contributed by atoms with Crippen LogP contribution in [0.15, 0.2) is 42.5 Å². The maximum atomic E-state index is 13.5. The van der Waals surface area contributed by atoms with Crippen LogP contribution in [-0.2, 0) is 10.9 Å². The van der Waals surface area contributed by atoms with E-state index in [0.717, 1.165) is 12.1 Å². The van der Waals surface area contributed by atoms with Crippen LogP contribution < -0.4 is 14.5 Å². The molecule has 2 aromatic carbocycles. The van der Waals surface area contributed by atoms with Gasteiger partial charge in [0.2, 0.25) is 0 Å². The summed E-state index contributed by atoms with van der Waals surface area (Å²) in [5.41, 5.74) is -1.99. The van der Waals surface area contributed by atoms with Gasteiger partial charge in [-0.3, -0.25) is 4.90 Å². The van der Waals surface area contributed by atoms with E-state index in [1.54, 1.807) is 49.1 Å². The Hall–Kier alpha value is -2.91. The highest BCUT2D eigenvalue weighted by molar-refractivity contribution is 7.80. The van der Waals surface area contributed by atoms with Crippen molar-refractivity contribution < 1.29 is 32.9 Å². The van der Waals surface area contributed by atoms with Crippen LogP contribution in [0.25, 0.3) is 0 Å². The van der Waals surface area contributed by atoms with Crippen molar-refractivity contribution in [3.8, 4) is 11.8 Å². The summed E-state index contributed by atoms with van der Waals surface area (Å²) in [7, 11) is 0. The molecule has 2 saturated heterocycles. The third-order valence-corrected chi connectivity index (χ3v) is 6.32. The summed E-state index contributed by atoms with van der Waals surface area (Å²) in [6.07, 6.45) is -7.21. The second-order valence-corrected chi connectivity index (χ2v) is 8.97. The molecule has 0 spiro atoms. The number of ether oxygens (including phenoxy) is 2. The summed E-state index contributed by atoms with van der Waals surface area (Å²) in [5.74, 6) is 0.500. The lowest BCUT2D eigenvalue weighted by atomic mass is 10.0. The summed E-state index contributed by atoms with van der Waals surface area (Å²) in [6.45, 7) is 3.92. The Kier molecular flexibility index (Phi) is 6.20. The first kappa shape index (κ1) is 24.2. The van der Waals surface area contributed by atoms with Crippen LogP contribution in [0.1, 0.15) is 25.0 Å². The number of hydrogen-bond donors (Lipinski definition) is 2. The van der Waals surface area contributed by atoms with Crippen LogP contribution in [0.5, 0.6) is 5.75 Å². The van der Waals surface area contributed by atoms with Gasteiger partial charge in [-0.15, -0.1) is 0 Å². The topological polar surface area (TPSA) is 89.2 Å². The maximum absolute atomic E-state index is 13.5. The molecule has 2 fully saturated rings. The van der Waals surface area contributed by atoms with Crippen LogP contribution in [0, 0.1) is 11.3 Å². The zero-order valence-electron chi connectivity index (χ0n) is 18.3. The van der Waals surface area contributed by atoms with E-state index >= 15 is 0 Å². The van der Waals surface area contributed by atoms with Crippen molar-refractivity contribution >= 4 is 28.7 Å². The van der Waals surface area contributed by atoms with Gasteiger partial charge < -0.3 is 24.6 Å². The van der Waals surface area contributed by atoms with Gasteiger partial charge in [0.25, 0.3) is 0 Å². The molecule has 34 heavy (non-hydrogen) atoms.